The van der Waals surface area contributed by atoms with Gasteiger partial charge in [0.05, 0.1) is 30.5 Å². The van der Waals surface area contributed by atoms with E-state index in [4.69, 9.17) is 14.2 Å². The zero-order chi connectivity index (χ0) is 24.4. The SMILES string of the molecule is C=CCNS(=O)(=O)Cc1ccc(NC(=O)c2cc(OC)c(OCCOC)cc2[N+](=O)[O-])cc1. The van der Waals surface area contributed by atoms with Gasteiger partial charge in [0.25, 0.3) is 11.6 Å². The minimum absolute atomic E-state index is 0.105. The molecule has 12 heteroatoms. The molecule has 0 heterocycles. The van der Waals surface area contributed by atoms with Gasteiger partial charge in [-0.2, -0.15) is 0 Å². The minimum Gasteiger partial charge on any atom is -0.493 e. The number of nitrogens with one attached hydrogen (secondary N) is 2. The second kappa shape index (κ2) is 11.9. The lowest BCUT2D eigenvalue weighted by Gasteiger charge is -2.13. The molecular weight excluding hydrogens is 454 g/mol. The quantitative estimate of drug-likeness (QED) is 0.193. The Kier molecular flexibility index (Phi) is 9.33. The number of nitrogens with zero attached hydrogens (tertiary/aromatic N) is 1. The van der Waals surface area contributed by atoms with Crippen LogP contribution in [0.5, 0.6) is 11.5 Å². The first-order valence-corrected chi connectivity index (χ1v) is 11.3. The maximum atomic E-state index is 12.8. The highest BCUT2D eigenvalue weighted by Crippen LogP contribution is 2.35. The van der Waals surface area contributed by atoms with Gasteiger partial charge in [-0.1, -0.05) is 18.2 Å². The van der Waals surface area contributed by atoms with E-state index < -0.39 is 26.5 Å². The van der Waals surface area contributed by atoms with E-state index in [2.05, 4.69) is 16.6 Å². The third kappa shape index (κ3) is 7.56. The van der Waals surface area contributed by atoms with Crippen LogP contribution in [0.1, 0.15) is 15.9 Å². The van der Waals surface area contributed by atoms with Crippen LogP contribution in [0, 0.1) is 10.1 Å². The van der Waals surface area contributed by atoms with Crippen LogP contribution in [0.2, 0.25) is 0 Å². The molecule has 33 heavy (non-hydrogen) atoms. The molecule has 2 aromatic rings. The summed E-state index contributed by atoms with van der Waals surface area (Å²) >= 11 is 0. The van der Waals surface area contributed by atoms with Crippen LogP contribution in [0.15, 0.2) is 49.1 Å². The van der Waals surface area contributed by atoms with Crippen molar-refractivity contribution < 1.29 is 32.3 Å². The largest absolute Gasteiger partial charge is 0.493 e. The molecular formula is C21H25N3O8S. The van der Waals surface area contributed by atoms with Crippen molar-refractivity contribution in [3.63, 3.8) is 0 Å². The Hall–Kier alpha value is -3.48. The summed E-state index contributed by atoms with van der Waals surface area (Å²) in [5.41, 5.74) is 0.136. The van der Waals surface area contributed by atoms with Crippen LogP contribution in [-0.4, -0.2) is 53.2 Å². The molecule has 0 spiro atoms. The Morgan fingerprint density at radius 2 is 1.85 bits per heavy atom. The van der Waals surface area contributed by atoms with Crippen molar-refractivity contribution in [1.82, 2.24) is 4.72 Å². The summed E-state index contributed by atoms with van der Waals surface area (Å²) in [6, 6.07) is 8.41. The molecule has 0 radical (unpaired) electrons. The summed E-state index contributed by atoms with van der Waals surface area (Å²) in [7, 11) is -0.691. The van der Waals surface area contributed by atoms with Gasteiger partial charge in [-0.25, -0.2) is 13.1 Å². The number of anilines is 1. The van der Waals surface area contributed by atoms with Crippen LogP contribution in [0.25, 0.3) is 0 Å². The topological polar surface area (TPSA) is 146 Å². The number of nitro benzene ring substituents is 1. The number of sulfonamides is 1. The summed E-state index contributed by atoms with van der Waals surface area (Å²) < 4.78 is 41.8. The van der Waals surface area contributed by atoms with Crippen molar-refractivity contribution in [2.45, 2.75) is 5.75 Å². The summed E-state index contributed by atoms with van der Waals surface area (Å²) in [4.78, 5) is 23.6. The predicted molar refractivity (Wildman–Crippen MR) is 122 cm³/mol. The molecule has 0 saturated heterocycles. The van der Waals surface area contributed by atoms with E-state index >= 15 is 0 Å². The maximum Gasteiger partial charge on any atom is 0.286 e. The second-order valence-electron chi connectivity index (χ2n) is 6.67. The van der Waals surface area contributed by atoms with Crippen molar-refractivity contribution in [3.05, 3.63) is 70.3 Å². The summed E-state index contributed by atoms with van der Waals surface area (Å²) in [5, 5.41) is 14.1. The van der Waals surface area contributed by atoms with E-state index in [1.54, 1.807) is 0 Å². The van der Waals surface area contributed by atoms with E-state index in [1.807, 2.05) is 0 Å². The van der Waals surface area contributed by atoms with Gasteiger partial charge in [-0.15, -0.1) is 6.58 Å². The highest BCUT2D eigenvalue weighted by Gasteiger charge is 2.25. The molecule has 0 aliphatic carbocycles. The van der Waals surface area contributed by atoms with Crippen LogP contribution < -0.4 is 19.5 Å². The standard InChI is InChI=1S/C21H25N3O8S/c1-4-9-22-33(28,29)14-15-5-7-16(8-6-15)23-21(25)17-12-19(31-3)20(32-11-10-30-2)13-18(17)24(26)27/h4-8,12-13,22H,1,9-11,14H2,2-3H3,(H,23,25). The highest BCUT2D eigenvalue weighted by atomic mass is 32.2. The molecule has 0 unspecified atom stereocenters. The molecule has 2 aromatic carbocycles. The van der Waals surface area contributed by atoms with Gasteiger partial charge < -0.3 is 19.5 Å². The first kappa shape index (κ1) is 25.8. The number of hydrogen-bond donors (Lipinski definition) is 2. The van der Waals surface area contributed by atoms with Crippen molar-refractivity contribution in [2.24, 2.45) is 0 Å². The Labute approximate surface area is 191 Å². The molecule has 0 atom stereocenters. The molecule has 0 aliphatic heterocycles. The first-order chi connectivity index (χ1) is 15.7. The zero-order valence-corrected chi connectivity index (χ0v) is 19.0. The van der Waals surface area contributed by atoms with Crippen LogP contribution >= 0.6 is 0 Å². The van der Waals surface area contributed by atoms with E-state index in [0.29, 0.717) is 11.3 Å². The molecule has 0 aliphatic rings. The lowest BCUT2D eigenvalue weighted by Crippen LogP contribution is -2.25. The Balaban J connectivity index is 2.21. The molecule has 11 nitrogen and oxygen atoms in total. The van der Waals surface area contributed by atoms with Crippen LogP contribution in [0.4, 0.5) is 11.4 Å². The maximum absolute atomic E-state index is 12.8. The van der Waals surface area contributed by atoms with Gasteiger partial charge in [0.15, 0.2) is 11.5 Å². The normalized spacial score (nSPS) is 11.0. The van der Waals surface area contributed by atoms with E-state index in [0.717, 1.165) is 6.07 Å². The smallest absolute Gasteiger partial charge is 0.286 e. The number of hydrogen-bond acceptors (Lipinski definition) is 8. The zero-order valence-electron chi connectivity index (χ0n) is 18.2. The van der Waals surface area contributed by atoms with Crippen LogP contribution in [-0.2, 0) is 20.5 Å². The molecule has 178 valence electrons. The number of ether oxygens (including phenoxy) is 3. The van der Waals surface area contributed by atoms with Gasteiger partial charge in [-0.3, -0.25) is 14.9 Å². The molecule has 2 N–H and O–H groups in total. The fourth-order valence-corrected chi connectivity index (χ4v) is 3.83. The van der Waals surface area contributed by atoms with Crippen molar-refractivity contribution in [2.75, 3.05) is 39.3 Å². The average molecular weight is 480 g/mol. The first-order valence-electron chi connectivity index (χ1n) is 9.67. The summed E-state index contributed by atoms with van der Waals surface area (Å²) in [5.74, 6) is -0.734. The fraction of sp³-hybridized carbons (Fsp3) is 0.286. The highest BCUT2D eigenvalue weighted by molar-refractivity contribution is 7.88. The molecule has 0 bridgehead atoms. The number of amides is 1. The molecule has 0 fully saturated rings. The number of rotatable bonds is 13. The number of benzene rings is 2. The van der Waals surface area contributed by atoms with Crippen molar-refractivity contribution in [1.29, 1.82) is 0 Å². The number of carbonyl (C=O) groups is 1. The molecule has 1 amide bonds. The third-order valence-corrected chi connectivity index (χ3v) is 5.60. The molecule has 2 rings (SSSR count). The Morgan fingerprint density at radius 1 is 1.15 bits per heavy atom. The van der Waals surface area contributed by atoms with Gasteiger partial charge in [0, 0.05) is 25.4 Å². The average Bonchev–Trinajstić information content (AvgIpc) is 2.78. The second-order valence-corrected chi connectivity index (χ2v) is 8.47. The third-order valence-electron chi connectivity index (χ3n) is 4.28. The van der Waals surface area contributed by atoms with Gasteiger partial charge >= 0.3 is 0 Å². The van der Waals surface area contributed by atoms with Crippen LogP contribution in [0.3, 0.4) is 0 Å². The Bertz CT molecular complexity index is 1100. The lowest BCUT2D eigenvalue weighted by molar-refractivity contribution is -0.385. The molecule has 0 saturated carbocycles. The van der Waals surface area contributed by atoms with Gasteiger partial charge in [0.2, 0.25) is 10.0 Å². The van der Waals surface area contributed by atoms with E-state index in [-0.39, 0.29) is 42.6 Å². The minimum atomic E-state index is -3.53. The number of carbonyl (C=O) groups excluding carboxylic acids is 1. The van der Waals surface area contributed by atoms with E-state index in [1.165, 1.54) is 50.6 Å². The predicted octanol–water partition coefficient (Wildman–Crippen LogP) is 2.49. The van der Waals surface area contributed by atoms with Gasteiger partial charge in [0.1, 0.15) is 12.2 Å². The number of nitro groups is 1. The monoisotopic (exact) mass is 479 g/mol. The summed E-state index contributed by atoms with van der Waals surface area (Å²) in [6.07, 6.45) is 1.43. The van der Waals surface area contributed by atoms with Crippen molar-refractivity contribution in [3.8, 4) is 11.5 Å². The fourth-order valence-electron chi connectivity index (χ4n) is 2.73. The molecule has 0 aromatic heterocycles. The van der Waals surface area contributed by atoms with E-state index in [9.17, 15) is 23.3 Å². The lowest BCUT2D eigenvalue weighted by atomic mass is 10.1. The van der Waals surface area contributed by atoms with Gasteiger partial charge in [-0.05, 0) is 17.7 Å². The summed E-state index contributed by atoms with van der Waals surface area (Å²) in [6.45, 7) is 3.98. The number of methoxy groups -OCH3 is 2. The Morgan fingerprint density at radius 3 is 2.42 bits per heavy atom. The van der Waals surface area contributed by atoms with Crippen molar-refractivity contribution >= 4 is 27.3 Å².